The van der Waals surface area contributed by atoms with Crippen LogP contribution < -0.4 is 0 Å². The van der Waals surface area contributed by atoms with Crippen LogP contribution in [0.5, 0.6) is 0 Å². The summed E-state index contributed by atoms with van der Waals surface area (Å²) in [4.78, 5) is 5.36. The van der Waals surface area contributed by atoms with Crippen LogP contribution in [0, 0.1) is 13.8 Å². The fourth-order valence-electron chi connectivity index (χ4n) is 2.64. The molecule has 0 bridgehead atoms. The summed E-state index contributed by atoms with van der Waals surface area (Å²) in [7, 11) is -3.40. The van der Waals surface area contributed by atoms with Gasteiger partial charge in [-0.15, -0.1) is 11.3 Å². The predicted molar refractivity (Wildman–Crippen MR) is 90.3 cm³/mol. The molecule has 3 rings (SSSR count). The molecular weight excluding hydrogens is 332 g/mol. The zero-order valence-electron chi connectivity index (χ0n) is 14.1. The molecule has 1 fully saturated rings. The maximum atomic E-state index is 12.7. The molecule has 0 saturated carbocycles. The maximum Gasteiger partial charge on any atom is 0.252 e. The SMILES string of the molecule is Cc1nc(C)n(C2CN(S(=O)(=O)c3ccc(C(C)(C)C)s3)C2)n1. The summed E-state index contributed by atoms with van der Waals surface area (Å²) in [6, 6.07) is 3.71. The van der Waals surface area contributed by atoms with E-state index < -0.39 is 10.0 Å². The highest BCUT2D eigenvalue weighted by molar-refractivity contribution is 7.91. The zero-order chi connectivity index (χ0) is 17.0. The Balaban J connectivity index is 1.76. The maximum absolute atomic E-state index is 12.7. The molecule has 126 valence electrons. The molecule has 1 aliphatic rings. The summed E-state index contributed by atoms with van der Waals surface area (Å²) in [5, 5.41) is 4.34. The van der Waals surface area contributed by atoms with Crippen molar-refractivity contribution >= 4 is 21.4 Å². The quantitative estimate of drug-likeness (QED) is 0.849. The van der Waals surface area contributed by atoms with Gasteiger partial charge in [0.15, 0.2) is 0 Å². The number of nitrogens with zero attached hydrogens (tertiary/aromatic N) is 4. The van der Waals surface area contributed by atoms with E-state index in [9.17, 15) is 8.42 Å². The summed E-state index contributed by atoms with van der Waals surface area (Å²) < 4.78 is 29.2. The molecule has 3 heterocycles. The first-order valence-electron chi connectivity index (χ1n) is 7.59. The van der Waals surface area contributed by atoms with Crippen molar-refractivity contribution in [2.75, 3.05) is 13.1 Å². The second-order valence-corrected chi connectivity index (χ2v) is 10.2. The van der Waals surface area contributed by atoms with Gasteiger partial charge in [-0.25, -0.2) is 18.1 Å². The lowest BCUT2D eigenvalue weighted by molar-refractivity contribution is 0.188. The minimum absolute atomic E-state index is 0.0364. The molecule has 2 aromatic rings. The van der Waals surface area contributed by atoms with Crippen LogP contribution in [0.3, 0.4) is 0 Å². The van der Waals surface area contributed by atoms with Gasteiger partial charge in [0.2, 0.25) is 0 Å². The monoisotopic (exact) mass is 354 g/mol. The first kappa shape index (κ1) is 16.6. The van der Waals surface area contributed by atoms with E-state index >= 15 is 0 Å². The van der Waals surface area contributed by atoms with E-state index in [1.54, 1.807) is 6.07 Å². The number of aryl methyl sites for hydroxylation is 2. The van der Waals surface area contributed by atoms with Crippen LogP contribution in [0.25, 0.3) is 0 Å². The van der Waals surface area contributed by atoms with Gasteiger partial charge in [-0.2, -0.15) is 9.40 Å². The molecule has 0 aliphatic carbocycles. The van der Waals surface area contributed by atoms with Gasteiger partial charge in [-0.3, -0.25) is 0 Å². The van der Waals surface area contributed by atoms with Crippen molar-refractivity contribution < 1.29 is 8.42 Å². The summed E-state index contributed by atoms with van der Waals surface area (Å²) in [5.74, 6) is 1.55. The Hall–Kier alpha value is -1.25. The molecule has 8 heteroatoms. The Morgan fingerprint density at radius 2 is 1.87 bits per heavy atom. The molecule has 0 amide bonds. The Morgan fingerprint density at radius 1 is 1.22 bits per heavy atom. The first-order valence-corrected chi connectivity index (χ1v) is 9.85. The number of thiophene rings is 1. The van der Waals surface area contributed by atoms with E-state index in [-0.39, 0.29) is 11.5 Å². The van der Waals surface area contributed by atoms with Crippen LogP contribution in [0.2, 0.25) is 0 Å². The third kappa shape index (κ3) is 2.95. The molecule has 23 heavy (non-hydrogen) atoms. The molecular formula is C15H22N4O2S2. The number of aromatic nitrogens is 3. The molecule has 0 spiro atoms. The molecule has 0 aromatic carbocycles. The predicted octanol–water partition coefficient (Wildman–Crippen LogP) is 2.50. The standard InChI is InChI=1S/C15H22N4O2S2/c1-10-16-11(2)19(17-10)12-8-18(9-12)23(20,21)14-7-6-13(22-14)15(3,4)5/h6-7,12H,8-9H2,1-5H3. The molecule has 0 atom stereocenters. The molecule has 6 nitrogen and oxygen atoms in total. The van der Waals surface area contributed by atoms with Crippen LogP contribution in [0.1, 0.15) is 43.3 Å². The lowest BCUT2D eigenvalue weighted by Crippen LogP contribution is -2.50. The second-order valence-electron chi connectivity index (χ2n) is 7.00. The Labute approximate surface area is 141 Å². The van der Waals surface area contributed by atoms with Gasteiger partial charge < -0.3 is 0 Å². The van der Waals surface area contributed by atoms with Crippen molar-refractivity contribution in [1.82, 2.24) is 19.1 Å². The third-order valence-corrected chi connectivity index (χ3v) is 7.81. The van der Waals surface area contributed by atoms with Gasteiger partial charge in [0, 0.05) is 18.0 Å². The lowest BCUT2D eigenvalue weighted by Gasteiger charge is -2.37. The number of sulfonamides is 1. The summed E-state index contributed by atoms with van der Waals surface area (Å²) >= 11 is 1.36. The fraction of sp³-hybridized carbons (Fsp3) is 0.600. The summed E-state index contributed by atoms with van der Waals surface area (Å²) in [6.45, 7) is 10.9. The van der Waals surface area contributed by atoms with Gasteiger partial charge in [0.1, 0.15) is 15.9 Å². The average molecular weight is 355 g/mol. The highest BCUT2D eigenvalue weighted by Gasteiger charge is 2.39. The van der Waals surface area contributed by atoms with Crippen molar-refractivity contribution in [2.45, 2.75) is 50.3 Å². The van der Waals surface area contributed by atoms with Gasteiger partial charge in [0.25, 0.3) is 10.0 Å². The molecule has 0 unspecified atom stereocenters. The Kier molecular flexibility index (Phi) is 3.89. The minimum Gasteiger partial charge on any atom is -0.244 e. The van der Waals surface area contributed by atoms with E-state index in [0.29, 0.717) is 17.3 Å². The Bertz CT molecular complexity index is 824. The normalized spacial score (nSPS) is 17.4. The van der Waals surface area contributed by atoms with Crippen LogP contribution in [0.4, 0.5) is 0 Å². The summed E-state index contributed by atoms with van der Waals surface area (Å²) in [5.41, 5.74) is -0.0364. The van der Waals surface area contributed by atoms with Crippen molar-refractivity contribution in [3.05, 3.63) is 28.7 Å². The highest BCUT2D eigenvalue weighted by Crippen LogP contribution is 2.35. The molecule has 1 aliphatic heterocycles. The highest BCUT2D eigenvalue weighted by atomic mass is 32.2. The van der Waals surface area contributed by atoms with Crippen molar-refractivity contribution in [2.24, 2.45) is 0 Å². The van der Waals surface area contributed by atoms with E-state index in [2.05, 4.69) is 30.9 Å². The van der Waals surface area contributed by atoms with Gasteiger partial charge in [-0.1, -0.05) is 20.8 Å². The topological polar surface area (TPSA) is 68.1 Å². The summed E-state index contributed by atoms with van der Waals surface area (Å²) in [6.07, 6.45) is 0. The minimum atomic E-state index is -3.40. The zero-order valence-corrected chi connectivity index (χ0v) is 15.7. The lowest BCUT2D eigenvalue weighted by atomic mass is 9.95. The molecule has 1 saturated heterocycles. The number of hydrogen-bond acceptors (Lipinski definition) is 5. The van der Waals surface area contributed by atoms with Gasteiger partial charge in [-0.05, 0) is 31.4 Å². The van der Waals surface area contributed by atoms with Crippen LogP contribution in [0.15, 0.2) is 16.3 Å². The van der Waals surface area contributed by atoms with Crippen molar-refractivity contribution in [3.8, 4) is 0 Å². The molecule has 0 radical (unpaired) electrons. The number of rotatable bonds is 3. The average Bonchev–Trinajstić information content (AvgIpc) is 2.94. The third-order valence-electron chi connectivity index (χ3n) is 4.00. The van der Waals surface area contributed by atoms with Crippen molar-refractivity contribution in [1.29, 1.82) is 0 Å². The van der Waals surface area contributed by atoms with E-state index in [0.717, 1.165) is 16.5 Å². The molecule has 0 N–H and O–H groups in total. The van der Waals surface area contributed by atoms with Crippen LogP contribution >= 0.6 is 11.3 Å². The van der Waals surface area contributed by atoms with Crippen LogP contribution in [-0.2, 0) is 15.4 Å². The fourth-order valence-corrected chi connectivity index (χ4v) is 5.67. The first-order chi connectivity index (χ1) is 10.6. The largest absolute Gasteiger partial charge is 0.252 e. The second kappa shape index (κ2) is 5.39. The number of hydrogen-bond donors (Lipinski definition) is 0. The van der Waals surface area contributed by atoms with Gasteiger partial charge >= 0.3 is 0 Å². The van der Waals surface area contributed by atoms with E-state index in [1.807, 2.05) is 24.6 Å². The van der Waals surface area contributed by atoms with E-state index in [4.69, 9.17) is 0 Å². The van der Waals surface area contributed by atoms with Crippen LogP contribution in [-0.4, -0.2) is 40.6 Å². The van der Waals surface area contributed by atoms with E-state index in [1.165, 1.54) is 15.6 Å². The Morgan fingerprint density at radius 3 is 2.35 bits per heavy atom. The molecule has 2 aromatic heterocycles. The van der Waals surface area contributed by atoms with Crippen molar-refractivity contribution in [3.63, 3.8) is 0 Å². The smallest absolute Gasteiger partial charge is 0.244 e. The van der Waals surface area contributed by atoms with Gasteiger partial charge in [0.05, 0.1) is 6.04 Å².